The van der Waals surface area contributed by atoms with Crippen LogP contribution in [-0.2, 0) is 66.2 Å². The molecule has 25 heteroatoms. The second-order valence-electron chi connectivity index (χ2n) is 17.3. The van der Waals surface area contributed by atoms with Gasteiger partial charge in [0.2, 0.25) is 5.69 Å². The van der Waals surface area contributed by atoms with Gasteiger partial charge in [-0.05, 0) is 85.5 Å². The van der Waals surface area contributed by atoms with E-state index in [1.165, 1.54) is 18.2 Å². The molecule has 6 rings (SSSR count). The Balaban J connectivity index is 0.00000888. The average molecular weight is 1080 g/mol. The third-order valence-electron chi connectivity index (χ3n) is 11.9. The van der Waals surface area contributed by atoms with Crippen molar-refractivity contribution >= 4 is 95.2 Å². The molecule has 0 unspecified atom stereocenters. The summed E-state index contributed by atoms with van der Waals surface area (Å²) >= 11 is 0. The van der Waals surface area contributed by atoms with Crippen LogP contribution in [0.3, 0.4) is 0 Å². The Hall–Kier alpha value is -3.51. The molecule has 2 aliphatic heterocycles. The minimum absolute atomic E-state index is 0. The molecule has 0 bridgehead atoms. The van der Waals surface area contributed by atoms with Crippen LogP contribution in [0.1, 0.15) is 70.9 Å². The molecule has 2 aliphatic rings. The van der Waals surface area contributed by atoms with Gasteiger partial charge in [-0.15, -0.1) is 0 Å². The van der Waals surface area contributed by atoms with Crippen molar-refractivity contribution in [2.75, 3.05) is 23.7 Å². The fraction of sp³-hybridized carbons (Fsp3) is 0.318. The second kappa shape index (κ2) is 20.5. The van der Waals surface area contributed by atoms with E-state index in [1.807, 2.05) is 18.7 Å². The molecule has 19 nitrogen and oxygen atoms in total. The number of hydrogen-bond acceptors (Lipinski definition) is 12. The molecule has 69 heavy (non-hydrogen) atoms. The summed E-state index contributed by atoms with van der Waals surface area (Å²) in [5.74, 6) is -1.54. The monoisotopic (exact) mass is 1080 g/mol. The van der Waals surface area contributed by atoms with Gasteiger partial charge in [0.05, 0.1) is 21.0 Å². The van der Waals surface area contributed by atoms with Crippen LogP contribution in [0.4, 0.5) is 11.4 Å². The Labute approximate surface area is 443 Å². The van der Waals surface area contributed by atoms with Crippen LogP contribution in [0, 0.1) is 0 Å². The van der Waals surface area contributed by atoms with Crippen LogP contribution in [0.2, 0.25) is 0 Å². The SMILES string of the molecule is CC1(C)C(/C=C/C=C/C=C/C=C2\N(CCCCCC(=O)O)c3ccc4cc(S(=O)(=O)O)cc(S(=O)(=O)O)c4c3C2(C)C)=[N+](CCCS(=O)(=O)O)c2ccc3c(S(=O)(=O)O)cc(S(=O)(=O)O)cc3c21.[K+]. The zero-order valence-corrected chi connectivity index (χ0v) is 45.1. The molecule has 0 amide bonds. The predicted molar refractivity (Wildman–Crippen MR) is 253 cm³/mol. The third kappa shape index (κ3) is 12.2. The van der Waals surface area contributed by atoms with Crippen LogP contribution in [0.5, 0.6) is 0 Å². The molecule has 0 radical (unpaired) electrons. The molecule has 4 aromatic rings. The van der Waals surface area contributed by atoms with E-state index in [9.17, 15) is 69.6 Å². The molecule has 0 saturated heterocycles. The molecular weight excluding hydrogens is 1030 g/mol. The number of aliphatic carboxylic acids is 1. The van der Waals surface area contributed by atoms with E-state index in [-0.39, 0.29) is 92.3 Å². The van der Waals surface area contributed by atoms with Gasteiger partial charge in [0.15, 0.2) is 5.71 Å². The van der Waals surface area contributed by atoms with E-state index < -0.39 is 92.7 Å². The molecule has 4 aromatic carbocycles. The molecule has 366 valence electrons. The van der Waals surface area contributed by atoms with Gasteiger partial charge in [-0.2, -0.15) is 46.7 Å². The van der Waals surface area contributed by atoms with Gasteiger partial charge in [0.1, 0.15) is 16.3 Å². The van der Waals surface area contributed by atoms with Crippen LogP contribution in [0.15, 0.2) is 116 Å². The van der Waals surface area contributed by atoms with E-state index in [0.717, 1.165) is 12.1 Å². The number of rotatable bonds is 18. The summed E-state index contributed by atoms with van der Waals surface area (Å²) in [4.78, 5) is 10.1. The standard InChI is InChI=1S/C44H48N2O17S5.K/c1-43(2)37(46(22-13-23-64(49,50)51)33-20-18-31-32(41(33)43)25-30(66(55,56)57)26-35(31)67(58,59)60)14-9-6-5-7-10-15-38-44(3,4)42-34(45(38)21-12-8-11-16-39(47)48)19-17-28-24-29(65(52,53)54)27-36(40(28)42)68(61,62)63;/h5-7,9-10,14-15,17-20,24-27H,8,11-13,16,21-23H2,1-4H3,(H5-,47,48,49,50,51,52,53,54,55,56,57,58,59,60,61,62,63);/q;+1/p+1. The summed E-state index contributed by atoms with van der Waals surface area (Å²) in [5.41, 5.74) is 0.997. The number of benzene rings is 4. The van der Waals surface area contributed by atoms with Crippen molar-refractivity contribution in [3.63, 3.8) is 0 Å². The van der Waals surface area contributed by atoms with Crippen LogP contribution >= 0.6 is 0 Å². The minimum atomic E-state index is -5.05. The number of carboxylic acids is 1. The van der Waals surface area contributed by atoms with Crippen molar-refractivity contribution in [2.45, 2.75) is 90.2 Å². The summed E-state index contributed by atoms with van der Waals surface area (Å²) in [6.07, 6.45) is 13.3. The number of allylic oxidation sites excluding steroid dienone is 8. The summed E-state index contributed by atoms with van der Waals surface area (Å²) in [6, 6.07) is 9.57. The maximum absolute atomic E-state index is 12.8. The zero-order valence-electron chi connectivity index (χ0n) is 37.9. The Bertz CT molecular complexity index is 3520. The Morgan fingerprint density at radius 3 is 1.83 bits per heavy atom. The van der Waals surface area contributed by atoms with Crippen molar-refractivity contribution in [3.05, 3.63) is 108 Å². The average Bonchev–Trinajstić information content (AvgIpc) is 3.55. The van der Waals surface area contributed by atoms with Crippen LogP contribution in [-0.4, -0.2) is 105 Å². The Morgan fingerprint density at radius 2 is 1.23 bits per heavy atom. The summed E-state index contributed by atoms with van der Waals surface area (Å²) in [7, 11) is -24.3. The first-order valence-corrected chi connectivity index (χ1v) is 28.1. The van der Waals surface area contributed by atoms with E-state index in [1.54, 1.807) is 67.0 Å². The van der Waals surface area contributed by atoms with Gasteiger partial charge in [0, 0.05) is 64.7 Å². The number of hydrogen-bond donors (Lipinski definition) is 6. The number of carboxylic acid groups (broad SMARTS) is 1. The maximum atomic E-state index is 12.8. The van der Waals surface area contributed by atoms with Gasteiger partial charge < -0.3 is 10.0 Å². The molecule has 0 aromatic heterocycles. The Kier molecular flexibility index (Phi) is 16.8. The third-order valence-corrected chi connectivity index (χ3v) is 16.2. The molecule has 2 heterocycles. The molecular formula is C44H49KN2O17S5+2. The normalized spacial score (nSPS) is 16.9. The molecule has 0 aliphatic carbocycles. The predicted octanol–water partition coefficient (Wildman–Crippen LogP) is 3.63. The summed E-state index contributed by atoms with van der Waals surface area (Å²) in [6.45, 7) is 7.53. The van der Waals surface area contributed by atoms with Crippen molar-refractivity contribution in [1.29, 1.82) is 0 Å². The summed E-state index contributed by atoms with van der Waals surface area (Å²) < 4.78 is 174. The van der Waals surface area contributed by atoms with E-state index in [4.69, 9.17) is 5.11 Å². The van der Waals surface area contributed by atoms with Gasteiger partial charge in [-0.25, -0.2) is 0 Å². The van der Waals surface area contributed by atoms with Crippen molar-refractivity contribution < 1.29 is 131 Å². The fourth-order valence-corrected chi connectivity index (χ4v) is 12.3. The number of nitrogens with zero attached hydrogens (tertiary/aromatic N) is 2. The molecule has 0 atom stereocenters. The van der Waals surface area contributed by atoms with Gasteiger partial charge in [-0.1, -0.05) is 56.7 Å². The van der Waals surface area contributed by atoms with Crippen molar-refractivity contribution in [2.24, 2.45) is 0 Å². The first-order valence-electron chi connectivity index (χ1n) is 20.7. The van der Waals surface area contributed by atoms with Gasteiger partial charge in [0.25, 0.3) is 50.6 Å². The maximum Gasteiger partial charge on any atom is 1.00 e. The van der Waals surface area contributed by atoms with Gasteiger partial charge in [-0.3, -0.25) is 27.6 Å². The molecule has 0 fully saturated rings. The van der Waals surface area contributed by atoms with Crippen LogP contribution in [0.25, 0.3) is 21.5 Å². The van der Waals surface area contributed by atoms with Crippen molar-refractivity contribution in [1.82, 2.24) is 0 Å². The molecule has 0 saturated carbocycles. The first kappa shape index (κ1) is 56.4. The van der Waals surface area contributed by atoms with Crippen LogP contribution < -0.4 is 56.3 Å². The molecule has 0 spiro atoms. The number of fused-ring (bicyclic) bond motifs is 6. The number of carbonyl (C=O) groups is 1. The summed E-state index contributed by atoms with van der Waals surface area (Å²) in [5, 5.41) is 9.33. The smallest absolute Gasteiger partial charge is 0.481 e. The Morgan fingerprint density at radius 1 is 0.638 bits per heavy atom. The minimum Gasteiger partial charge on any atom is -0.481 e. The quantitative estimate of drug-likeness (QED) is 0.0272. The largest absolute Gasteiger partial charge is 1.00 e. The van der Waals surface area contributed by atoms with Gasteiger partial charge >= 0.3 is 57.4 Å². The van der Waals surface area contributed by atoms with E-state index in [2.05, 4.69) is 0 Å². The number of unbranched alkanes of at least 4 members (excludes halogenated alkanes) is 2. The first-order chi connectivity index (χ1) is 31.3. The van der Waals surface area contributed by atoms with E-state index >= 15 is 0 Å². The fourth-order valence-electron chi connectivity index (χ4n) is 9.09. The number of anilines is 1. The topological polar surface area (TPSA) is 315 Å². The van der Waals surface area contributed by atoms with Crippen molar-refractivity contribution in [3.8, 4) is 0 Å². The van der Waals surface area contributed by atoms with E-state index in [0.29, 0.717) is 71.9 Å². The second-order valence-corrected chi connectivity index (χ2v) is 24.5. The zero-order chi connectivity index (χ0) is 50.6. The molecule has 6 N–H and O–H groups in total.